The van der Waals surface area contributed by atoms with Crippen molar-refractivity contribution < 1.29 is 9.18 Å². The van der Waals surface area contributed by atoms with Gasteiger partial charge in [-0.15, -0.1) is 23.7 Å². The lowest BCUT2D eigenvalue weighted by Crippen LogP contribution is -2.26. The molecule has 21 heavy (non-hydrogen) atoms. The summed E-state index contributed by atoms with van der Waals surface area (Å²) in [6.45, 7) is 2.06. The average Bonchev–Trinajstić information content (AvgIpc) is 2.85. The van der Waals surface area contributed by atoms with E-state index in [1.165, 1.54) is 23.5 Å². The zero-order chi connectivity index (χ0) is 14.5. The third-order valence-corrected chi connectivity index (χ3v) is 3.76. The van der Waals surface area contributed by atoms with Crippen LogP contribution in [-0.4, -0.2) is 17.4 Å². The second kappa shape index (κ2) is 8.07. The Bertz CT molecular complexity index is 605. The summed E-state index contributed by atoms with van der Waals surface area (Å²) in [5.74, 6) is -0.637. The molecular formula is C14H17ClFN3OS. The van der Waals surface area contributed by atoms with Crippen LogP contribution in [0.5, 0.6) is 0 Å². The van der Waals surface area contributed by atoms with Gasteiger partial charge >= 0.3 is 0 Å². The van der Waals surface area contributed by atoms with Crippen molar-refractivity contribution in [1.29, 1.82) is 0 Å². The van der Waals surface area contributed by atoms with Gasteiger partial charge in [0.25, 0.3) is 0 Å². The molecule has 3 N–H and O–H groups in total. The minimum Gasteiger partial charge on any atom is -0.330 e. The van der Waals surface area contributed by atoms with Crippen molar-refractivity contribution in [3.05, 3.63) is 46.7 Å². The Hall–Kier alpha value is -1.50. The molecule has 0 aliphatic heterocycles. The molecule has 114 valence electrons. The molecule has 0 spiro atoms. The Kier molecular flexibility index (Phi) is 6.74. The van der Waals surface area contributed by atoms with Gasteiger partial charge in [-0.25, -0.2) is 9.37 Å². The standard InChI is InChI=1S/C14H16FN3OS.ClH/c1-9(7-16)13(19)18-14-17-8-12(20-14)6-10-3-2-4-11(15)5-10;/h2-5,8-9H,6-7,16H2,1H3,(H,17,18,19);1H. The van der Waals surface area contributed by atoms with Crippen molar-refractivity contribution >= 4 is 34.8 Å². The number of nitrogens with two attached hydrogens (primary N) is 1. The molecule has 7 heteroatoms. The number of hydrogen-bond acceptors (Lipinski definition) is 4. The number of rotatable bonds is 5. The summed E-state index contributed by atoms with van der Waals surface area (Å²) in [7, 11) is 0. The Morgan fingerprint density at radius 3 is 2.95 bits per heavy atom. The van der Waals surface area contributed by atoms with Crippen LogP contribution < -0.4 is 11.1 Å². The Morgan fingerprint density at radius 2 is 2.29 bits per heavy atom. The van der Waals surface area contributed by atoms with Crippen molar-refractivity contribution in [3.8, 4) is 0 Å². The molecule has 0 saturated carbocycles. The summed E-state index contributed by atoms with van der Waals surface area (Å²) in [4.78, 5) is 16.8. The molecule has 1 aromatic carbocycles. The molecule has 0 aliphatic carbocycles. The highest BCUT2D eigenvalue weighted by Gasteiger charge is 2.13. The Morgan fingerprint density at radius 1 is 1.52 bits per heavy atom. The second-order valence-corrected chi connectivity index (χ2v) is 5.68. The highest BCUT2D eigenvalue weighted by Crippen LogP contribution is 2.21. The zero-order valence-corrected chi connectivity index (χ0v) is 13.1. The van der Waals surface area contributed by atoms with Gasteiger partial charge in [0.2, 0.25) is 5.91 Å². The van der Waals surface area contributed by atoms with Gasteiger partial charge in [-0.1, -0.05) is 19.1 Å². The molecule has 1 heterocycles. The quantitative estimate of drug-likeness (QED) is 0.886. The molecular weight excluding hydrogens is 313 g/mol. The minimum atomic E-state index is -0.252. The normalized spacial score (nSPS) is 11.6. The second-order valence-electron chi connectivity index (χ2n) is 4.56. The maximum Gasteiger partial charge on any atom is 0.230 e. The fourth-order valence-corrected chi connectivity index (χ4v) is 2.48. The van der Waals surface area contributed by atoms with Crippen LogP contribution in [0.1, 0.15) is 17.4 Å². The van der Waals surface area contributed by atoms with Crippen molar-refractivity contribution in [3.63, 3.8) is 0 Å². The largest absolute Gasteiger partial charge is 0.330 e. The predicted octanol–water partition coefficient (Wildman–Crippen LogP) is 2.83. The average molecular weight is 330 g/mol. The summed E-state index contributed by atoms with van der Waals surface area (Å²) in [5.41, 5.74) is 6.31. The number of halogens is 2. The topological polar surface area (TPSA) is 68.0 Å². The van der Waals surface area contributed by atoms with Crippen LogP contribution in [-0.2, 0) is 11.2 Å². The molecule has 1 atom stereocenters. The number of nitrogens with zero attached hydrogens (tertiary/aromatic N) is 1. The van der Waals surface area contributed by atoms with Crippen LogP contribution in [0.4, 0.5) is 9.52 Å². The first kappa shape index (κ1) is 17.6. The number of nitrogens with one attached hydrogen (secondary N) is 1. The number of carbonyl (C=O) groups excluding carboxylic acids is 1. The molecule has 0 saturated heterocycles. The molecule has 1 unspecified atom stereocenters. The van der Waals surface area contributed by atoms with Gasteiger partial charge in [-0.05, 0) is 17.7 Å². The SMILES string of the molecule is CC(CN)C(=O)Nc1ncc(Cc2cccc(F)c2)s1.Cl. The summed E-state index contributed by atoms with van der Waals surface area (Å²) in [6, 6.07) is 6.44. The van der Waals surface area contributed by atoms with Gasteiger partial charge in [0.1, 0.15) is 5.82 Å². The van der Waals surface area contributed by atoms with E-state index in [1.54, 1.807) is 19.2 Å². The lowest BCUT2D eigenvalue weighted by molar-refractivity contribution is -0.119. The molecule has 2 aromatic rings. The van der Waals surface area contributed by atoms with Crippen LogP contribution in [0.2, 0.25) is 0 Å². The van der Waals surface area contributed by atoms with Crippen LogP contribution in [0.15, 0.2) is 30.5 Å². The number of thiazole rings is 1. The van der Waals surface area contributed by atoms with E-state index in [0.29, 0.717) is 18.1 Å². The van der Waals surface area contributed by atoms with Gasteiger partial charge in [0, 0.05) is 30.0 Å². The maximum atomic E-state index is 13.1. The lowest BCUT2D eigenvalue weighted by Gasteiger charge is -2.06. The molecule has 2 rings (SSSR count). The number of amides is 1. The van der Waals surface area contributed by atoms with Crippen LogP contribution in [0, 0.1) is 11.7 Å². The Balaban J connectivity index is 0.00000220. The third-order valence-electron chi connectivity index (χ3n) is 2.85. The molecule has 0 fully saturated rings. The van der Waals surface area contributed by atoms with E-state index in [0.717, 1.165) is 10.4 Å². The fourth-order valence-electron chi connectivity index (χ4n) is 1.63. The van der Waals surface area contributed by atoms with E-state index < -0.39 is 0 Å². The Labute approximate surface area is 133 Å². The highest BCUT2D eigenvalue weighted by atomic mass is 35.5. The first-order valence-corrected chi connectivity index (χ1v) is 7.10. The first-order chi connectivity index (χ1) is 9.58. The first-order valence-electron chi connectivity index (χ1n) is 6.28. The molecule has 0 radical (unpaired) electrons. The molecule has 0 bridgehead atoms. The van der Waals surface area contributed by atoms with Gasteiger partial charge in [-0.3, -0.25) is 4.79 Å². The maximum absolute atomic E-state index is 13.1. The van der Waals surface area contributed by atoms with Crippen molar-refractivity contribution in [2.24, 2.45) is 11.7 Å². The molecule has 1 amide bonds. The van der Waals surface area contributed by atoms with E-state index in [4.69, 9.17) is 5.73 Å². The third kappa shape index (κ3) is 5.08. The van der Waals surface area contributed by atoms with E-state index in [-0.39, 0.29) is 30.0 Å². The van der Waals surface area contributed by atoms with Crippen LogP contribution in [0.25, 0.3) is 0 Å². The van der Waals surface area contributed by atoms with E-state index in [9.17, 15) is 9.18 Å². The van der Waals surface area contributed by atoms with E-state index in [1.807, 2.05) is 6.07 Å². The zero-order valence-electron chi connectivity index (χ0n) is 11.5. The monoisotopic (exact) mass is 329 g/mol. The smallest absolute Gasteiger partial charge is 0.230 e. The minimum absolute atomic E-state index is 0. The molecule has 0 aliphatic rings. The van der Waals surface area contributed by atoms with Crippen LogP contribution in [0.3, 0.4) is 0 Å². The van der Waals surface area contributed by atoms with Crippen molar-refractivity contribution in [1.82, 2.24) is 4.98 Å². The number of anilines is 1. The summed E-state index contributed by atoms with van der Waals surface area (Å²) >= 11 is 1.38. The van der Waals surface area contributed by atoms with E-state index >= 15 is 0 Å². The summed E-state index contributed by atoms with van der Waals surface area (Å²) < 4.78 is 13.1. The van der Waals surface area contributed by atoms with Crippen molar-refractivity contribution in [2.45, 2.75) is 13.3 Å². The number of aromatic nitrogens is 1. The molecule has 4 nitrogen and oxygen atoms in total. The van der Waals surface area contributed by atoms with E-state index in [2.05, 4.69) is 10.3 Å². The number of hydrogen-bond donors (Lipinski definition) is 2. The fraction of sp³-hybridized carbons (Fsp3) is 0.286. The lowest BCUT2D eigenvalue weighted by atomic mass is 10.1. The number of benzene rings is 1. The van der Waals surface area contributed by atoms with Crippen LogP contribution >= 0.6 is 23.7 Å². The highest BCUT2D eigenvalue weighted by molar-refractivity contribution is 7.15. The number of carbonyl (C=O) groups is 1. The molecule has 1 aromatic heterocycles. The van der Waals surface area contributed by atoms with Crippen molar-refractivity contribution in [2.75, 3.05) is 11.9 Å². The van der Waals surface area contributed by atoms with Gasteiger partial charge in [0.05, 0.1) is 0 Å². The van der Waals surface area contributed by atoms with Gasteiger partial charge < -0.3 is 11.1 Å². The van der Waals surface area contributed by atoms with Gasteiger partial charge in [0.15, 0.2) is 5.13 Å². The summed E-state index contributed by atoms with van der Waals surface area (Å²) in [6.07, 6.45) is 2.29. The predicted molar refractivity (Wildman–Crippen MR) is 85.4 cm³/mol. The van der Waals surface area contributed by atoms with Gasteiger partial charge in [-0.2, -0.15) is 0 Å². The summed E-state index contributed by atoms with van der Waals surface area (Å²) in [5, 5.41) is 3.27.